The first kappa shape index (κ1) is 12.9. The topological polar surface area (TPSA) is 41.1 Å². The quantitative estimate of drug-likeness (QED) is 0.886. The molecule has 1 aromatic carbocycles. The van der Waals surface area contributed by atoms with E-state index in [-0.39, 0.29) is 11.8 Å². The van der Waals surface area contributed by atoms with Gasteiger partial charge >= 0.3 is 0 Å². The SMILES string of the molecule is O=C(Nc1ccc(NC2CCSCC2)cc1)C1CC1. The summed E-state index contributed by atoms with van der Waals surface area (Å²) in [5.41, 5.74) is 2.06. The van der Waals surface area contributed by atoms with Crippen molar-refractivity contribution in [2.45, 2.75) is 31.7 Å². The summed E-state index contributed by atoms with van der Waals surface area (Å²) in [6.45, 7) is 0. The van der Waals surface area contributed by atoms with Crippen molar-refractivity contribution in [3.8, 4) is 0 Å². The van der Waals surface area contributed by atoms with Gasteiger partial charge in [0.2, 0.25) is 5.91 Å². The van der Waals surface area contributed by atoms with Gasteiger partial charge in [0.1, 0.15) is 0 Å². The van der Waals surface area contributed by atoms with E-state index in [9.17, 15) is 4.79 Å². The van der Waals surface area contributed by atoms with Gasteiger partial charge in [0.25, 0.3) is 0 Å². The highest BCUT2D eigenvalue weighted by atomic mass is 32.2. The lowest BCUT2D eigenvalue weighted by atomic mass is 10.1. The van der Waals surface area contributed by atoms with Crippen molar-refractivity contribution in [3.63, 3.8) is 0 Å². The van der Waals surface area contributed by atoms with Crippen molar-refractivity contribution in [1.29, 1.82) is 0 Å². The molecular weight excluding hydrogens is 256 g/mol. The van der Waals surface area contributed by atoms with Gasteiger partial charge in [-0.1, -0.05) is 0 Å². The Labute approximate surface area is 118 Å². The Kier molecular flexibility index (Phi) is 3.97. The molecule has 0 spiro atoms. The Hall–Kier alpha value is -1.16. The number of nitrogens with one attached hydrogen (secondary N) is 2. The number of thioether (sulfide) groups is 1. The lowest BCUT2D eigenvalue weighted by Gasteiger charge is -2.23. The second kappa shape index (κ2) is 5.87. The third kappa shape index (κ3) is 3.66. The van der Waals surface area contributed by atoms with E-state index in [0.717, 1.165) is 24.2 Å². The van der Waals surface area contributed by atoms with E-state index < -0.39 is 0 Å². The van der Waals surface area contributed by atoms with Crippen molar-refractivity contribution in [3.05, 3.63) is 24.3 Å². The van der Waals surface area contributed by atoms with Gasteiger partial charge in [-0.15, -0.1) is 0 Å². The molecule has 1 saturated heterocycles. The molecule has 0 atom stereocenters. The lowest BCUT2D eigenvalue weighted by molar-refractivity contribution is -0.117. The van der Waals surface area contributed by atoms with Gasteiger partial charge in [-0.3, -0.25) is 4.79 Å². The molecule has 1 saturated carbocycles. The van der Waals surface area contributed by atoms with Gasteiger partial charge in [0.15, 0.2) is 0 Å². The summed E-state index contributed by atoms with van der Waals surface area (Å²) in [6, 6.07) is 8.70. The van der Waals surface area contributed by atoms with Crippen molar-refractivity contribution in [2.75, 3.05) is 22.1 Å². The normalized spacial score (nSPS) is 20.0. The molecule has 1 aromatic rings. The molecular formula is C15H20N2OS. The van der Waals surface area contributed by atoms with E-state index in [1.807, 2.05) is 23.9 Å². The van der Waals surface area contributed by atoms with E-state index in [1.54, 1.807) is 0 Å². The minimum atomic E-state index is 0.171. The zero-order valence-corrected chi connectivity index (χ0v) is 11.8. The monoisotopic (exact) mass is 276 g/mol. The van der Waals surface area contributed by atoms with Crippen LogP contribution in [0.1, 0.15) is 25.7 Å². The van der Waals surface area contributed by atoms with E-state index in [0.29, 0.717) is 6.04 Å². The molecule has 1 heterocycles. The first-order valence-electron chi connectivity index (χ1n) is 7.06. The summed E-state index contributed by atoms with van der Waals surface area (Å²) < 4.78 is 0. The van der Waals surface area contributed by atoms with Crippen LogP contribution in [0.15, 0.2) is 24.3 Å². The second-order valence-electron chi connectivity index (χ2n) is 5.37. The minimum Gasteiger partial charge on any atom is -0.382 e. The molecule has 102 valence electrons. The molecule has 2 aliphatic rings. The van der Waals surface area contributed by atoms with Crippen LogP contribution in [-0.4, -0.2) is 23.5 Å². The smallest absolute Gasteiger partial charge is 0.227 e. The highest BCUT2D eigenvalue weighted by Gasteiger charge is 2.29. The summed E-state index contributed by atoms with van der Waals surface area (Å²) in [5.74, 6) is 2.95. The number of carbonyl (C=O) groups excluding carboxylic acids is 1. The largest absolute Gasteiger partial charge is 0.382 e. The van der Waals surface area contributed by atoms with Gasteiger partial charge < -0.3 is 10.6 Å². The summed E-state index contributed by atoms with van der Waals surface area (Å²) in [7, 11) is 0. The average Bonchev–Trinajstić information content (AvgIpc) is 3.27. The summed E-state index contributed by atoms with van der Waals surface area (Å²) in [4.78, 5) is 11.6. The van der Waals surface area contributed by atoms with Crippen LogP contribution in [0, 0.1) is 5.92 Å². The first-order valence-corrected chi connectivity index (χ1v) is 8.22. The highest BCUT2D eigenvalue weighted by Crippen LogP contribution is 2.30. The van der Waals surface area contributed by atoms with Gasteiger partial charge in [-0.05, 0) is 61.5 Å². The zero-order valence-electron chi connectivity index (χ0n) is 11.0. The van der Waals surface area contributed by atoms with Crippen LogP contribution >= 0.6 is 11.8 Å². The van der Waals surface area contributed by atoms with Crippen LogP contribution in [0.4, 0.5) is 11.4 Å². The molecule has 4 heteroatoms. The molecule has 3 rings (SSSR count). The standard InChI is InChI=1S/C15H20N2OS/c18-15(11-1-2-11)17-13-5-3-12(4-6-13)16-14-7-9-19-10-8-14/h3-6,11,14,16H,1-2,7-10H2,(H,17,18). The molecule has 19 heavy (non-hydrogen) atoms. The molecule has 3 nitrogen and oxygen atoms in total. The number of anilines is 2. The zero-order chi connectivity index (χ0) is 13.1. The minimum absolute atomic E-state index is 0.171. The highest BCUT2D eigenvalue weighted by molar-refractivity contribution is 7.99. The Morgan fingerprint density at radius 1 is 1.00 bits per heavy atom. The van der Waals surface area contributed by atoms with Crippen LogP contribution in [0.2, 0.25) is 0 Å². The van der Waals surface area contributed by atoms with Crippen LogP contribution in [0.3, 0.4) is 0 Å². The van der Waals surface area contributed by atoms with Gasteiger partial charge in [-0.25, -0.2) is 0 Å². The third-order valence-electron chi connectivity index (χ3n) is 3.69. The average molecular weight is 276 g/mol. The number of hydrogen-bond donors (Lipinski definition) is 2. The molecule has 0 unspecified atom stereocenters. The summed E-state index contributed by atoms with van der Waals surface area (Å²) >= 11 is 2.04. The number of benzene rings is 1. The van der Waals surface area contributed by atoms with Crippen LogP contribution in [0.25, 0.3) is 0 Å². The summed E-state index contributed by atoms with van der Waals surface area (Å²) in [5, 5.41) is 6.54. The number of carbonyl (C=O) groups is 1. The third-order valence-corrected chi connectivity index (χ3v) is 4.74. The van der Waals surface area contributed by atoms with E-state index in [2.05, 4.69) is 22.8 Å². The number of hydrogen-bond acceptors (Lipinski definition) is 3. The first-order chi connectivity index (χ1) is 9.31. The lowest BCUT2D eigenvalue weighted by Crippen LogP contribution is -2.24. The maximum atomic E-state index is 11.6. The fourth-order valence-electron chi connectivity index (χ4n) is 2.32. The molecule has 1 aliphatic heterocycles. The van der Waals surface area contributed by atoms with Crippen molar-refractivity contribution in [1.82, 2.24) is 0 Å². The maximum absolute atomic E-state index is 11.6. The number of amides is 1. The van der Waals surface area contributed by atoms with Crippen LogP contribution < -0.4 is 10.6 Å². The molecule has 0 aromatic heterocycles. The molecule has 1 aliphatic carbocycles. The van der Waals surface area contributed by atoms with Crippen LogP contribution in [-0.2, 0) is 4.79 Å². The molecule has 2 N–H and O–H groups in total. The predicted molar refractivity (Wildman–Crippen MR) is 81.8 cm³/mol. The Morgan fingerprint density at radius 3 is 2.26 bits per heavy atom. The van der Waals surface area contributed by atoms with E-state index in [1.165, 1.54) is 24.3 Å². The number of rotatable bonds is 4. The molecule has 1 amide bonds. The Bertz CT molecular complexity index is 436. The van der Waals surface area contributed by atoms with E-state index >= 15 is 0 Å². The van der Waals surface area contributed by atoms with Gasteiger partial charge in [0.05, 0.1) is 0 Å². The Morgan fingerprint density at radius 2 is 1.63 bits per heavy atom. The maximum Gasteiger partial charge on any atom is 0.227 e. The fourth-order valence-corrected chi connectivity index (χ4v) is 3.42. The van der Waals surface area contributed by atoms with Crippen molar-refractivity contribution < 1.29 is 4.79 Å². The predicted octanol–water partition coefficient (Wildman–Crippen LogP) is 3.34. The van der Waals surface area contributed by atoms with Gasteiger partial charge in [0, 0.05) is 23.3 Å². The van der Waals surface area contributed by atoms with Gasteiger partial charge in [-0.2, -0.15) is 11.8 Å². The van der Waals surface area contributed by atoms with E-state index in [4.69, 9.17) is 0 Å². The second-order valence-corrected chi connectivity index (χ2v) is 6.60. The fraction of sp³-hybridized carbons (Fsp3) is 0.533. The molecule has 0 bridgehead atoms. The molecule has 2 fully saturated rings. The summed E-state index contributed by atoms with van der Waals surface area (Å²) in [6.07, 6.45) is 4.58. The van der Waals surface area contributed by atoms with Crippen molar-refractivity contribution in [2.24, 2.45) is 5.92 Å². The van der Waals surface area contributed by atoms with Crippen LogP contribution in [0.5, 0.6) is 0 Å². The molecule has 0 radical (unpaired) electrons. The van der Waals surface area contributed by atoms with Crippen molar-refractivity contribution >= 4 is 29.0 Å². The Balaban J connectivity index is 1.54.